The maximum Gasteiger partial charge on any atom is 0.191 e. The normalized spacial score (nSPS) is 10.9. The van der Waals surface area contributed by atoms with E-state index in [0.717, 1.165) is 18.8 Å². The quantitative estimate of drug-likeness (QED) is 0.419. The van der Waals surface area contributed by atoms with Gasteiger partial charge in [0.1, 0.15) is 17.3 Å². The summed E-state index contributed by atoms with van der Waals surface area (Å²) in [6, 6.07) is 9.39. The maximum absolute atomic E-state index is 12.9. The third-order valence-corrected chi connectivity index (χ3v) is 3.33. The molecular formula is C17H22FIN4O. The van der Waals surface area contributed by atoms with E-state index in [2.05, 4.69) is 9.98 Å². The van der Waals surface area contributed by atoms with Gasteiger partial charge in [-0.05, 0) is 44.2 Å². The number of rotatable bonds is 6. The summed E-state index contributed by atoms with van der Waals surface area (Å²) in [5.41, 5.74) is 6.69. The van der Waals surface area contributed by atoms with Gasteiger partial charge in [-0.2, -0.15) is 0 Å². The summed E-state index contributed by atoms with van der Waals surface area (Å²) in [6.45, 7) is 6.06. The largest absolute Gasteiger partial charge is 0.457 e. The van der Waals surface area contributed by atoms with E-state index in [-0.39, 0.29) is 29.8 Å². The summed E-state index contributed by atoms with van der Waals surface area (Å²) < 4.78 is 18.6. The molecule has 0 saturated heterocycles. The van der Waals surface area contributed by atoms with Crippen molar-refractivity contribution in [1.29, 1.82) is 0 Å². The number of guanidine groups is 1. The number of aliphatic imine (C=N–C) groups is 1. The fraction of sp³-hybridized carbons (Fsp3) is 0.294. The predicted octanol–water partition coefficient (Wildman–Crippen LogP) is 3.79. The zero-order chi connectivity index (χ0) is 16.7. The smallest absolute Gasteiger partial charge is 0.191 e. The molecule has 0 aliphatic rings. The van der Waals surface area contributed by atoms with Gasteiger partial charge in [0.2, 0.25) is 0 Å². The fourth-order valence-electron chi connectivity index (χ4n) is 2.05. The fourth-order valence-corrected chi connectivity index (χ4v) is 2.05. The van der Waals surface area contributed by atoms with E-state index in [1.165, 1.54) is 12.1 Å². The lowest BCUT2D eigenvalue weighted by molar-refractivity contribution is 0.457. The number of aromatic nitrogens is 1. The van der Waals surface area contributed by atoms with Gasteiger partial charge in [-0.25, -0.2) is 9.38 Å². The second-order valence-electron chi connectivity index (χ2n) is 4.89. The van der Waals surface area contributed by atoms with Gasteiger partial charge in [-0.15, -0.1) is 24.0 Å². The van der Waals surface area contributed by atoms with Crippen molar-refractivity contribution < 1.29 is 9.13 Å². The standard InChI is InChI=1S/C17H21FN4O.HI/c1-3-22(4-2)17(19)21-12-14-11-16(9-10-20-14)23-15-7-5-13(18)6-8-15;/h5-11H,3-4,12H2,1-2H3,(H2,19,21);1H. The molecule has 0 radical (unpaired) electrons. The molecule has 0 amide bonds. The molecule has 0 atom stereocenters. The first-order chi connectivity index (χ1) is 11.1. The Labute approximate surface area is 158 Å². The summed E-state index contributed by atoms with van der Waals surface area (Å²) in [6.07, 6.45) is 1.65. The number of halogens is 2. The van der Waals surface area contributed by atoms with Crippen LogP contribution in [0.3, 0.4) is 0 Å². The van der Waals surface area contributed by atoms with Crippen LogP contribution in [0, 0.1) is 5.82 Å². The lowest BCUT2D eigenvalue weighted by Gasteiger charge is -2.19. The van der Waals surface area contributed by atoms with Crippen molar-refractivity contribution in [2.45, 2.75) is 20.4 Å². The highest BCUT2D eigenvalue weighted by Gasteiger charge is 2.04. The number of nitrogens with two attached hydrogens (primary N) is 1. The summed E-state index contributed by atoms with van der Waals surface area (Å²) in [7, 11) is 0. The third kappa shape index (κ3) is 5.95. The van der Waals surface area contributed by atoms with E-state index in [1.807, 2.05) is 18.7 Å². The Morgan fingerprint density at radius 1 is 1.17 bits per heavy atom. The van der Waals surface area contributed by atoms with E-state index in [9.17, 15) is 4.39 Å². The van der Waals surface area contributed by atoms with E-state index in [0.29, 0.717) is 24.0 Å². The molecule has 7 heteroatoms. The molecule has 1 aromatic heterocycles. The summed E-state index contributed by atoms with van der Waals surface area (Å²) >= 11 is 0. The van der Waals surface area contributed by atoms with Crippen molar-refractivity contribution in [3.05, 3.63) is 54.1 Å². The van der Waals surface area contributed by atoms with Crippen LogP contribution in [0.2, 0.25) is 0 Å². The number of hydrogen-bond acceptors (Lipinski definition) is 3. The number of nitrogens with zero attached hydrogens (tertiary/aromatic N) is 3. The van der Waals surface area contributed by atoms with Gasteiger partial charge >= 0.3 is 0 Å². The number of pyridine rings is 1. The molecule has 2 rings (SSSR count). The Balaban J connectivity index is 0.00000288. The molecule has 0 spiro atoms. The predicted molar refractivity (Wildman–Crippen MR) is 104 cm³/mol. The Bertz CT molecular complexity index is 660. The molecule has 5 nitrogen and oxygen atoms in total. The van der Waals surface area contributed by atoms with E-state index >= 15 is 0 Å². The first-order valence-electron chi connectivity index (χ1n) is 7.55. The number of ether oxygens (including phenoxy) is 1. The van der Waals surface area contributed by atoms with Gasteiger partial charge < -0.3 is 15.4 Å². The van der Waals surface area contributed by atoms with E-state index in [1.54, 1.807) is 30.5 Å². The van der Waals surface area contributed by atoms with Crippen LogP contribution in [0.1, 0.15) is 19.5 Å². The second kappa shape index (κ2) is 10.1. The SMILES string of the molecule is CCN(CC)C(N)=NCc1cc(Oc2ccc(F)cc2)ccn1.I. The molecule has 0 aliphatic heterocycles. The van der Waals surface area contributed by atoms with Crippen molar-refractivity contribution in [1.82, 2.24) is 9.88 Å². The minimum atomic E-state index is -0.297. The monoisotopic (exact) mass is 444 g/mol. The van der Waals surface area contributed by atoms with Gasteiger partial charge in [-0.3, -0.25) is 4.98 Å². The van der Waals surface area contributed by atoms with Gasteiger partial charge in [0.25, 0.3) is 0 Å². The minimum Gasteiger partial charge on any atom is -0.457 e. The Kier molecular flexibility index (Phi) is 8.45. The van der Waals surface area contributed by atoms with Crippen LogP contribution in [0.4, 0.5) is 4.39 Å². The first-order valence-corrected chi connectivity index (χ1v) is 7.55. The second-order valence-corrected chi connectivity index (χ2v) is 4.89. The summed E-state index contributed by atoms with van der Waals surface area (Å²) in [5.74, 6) is 1.39. The molecule has 0 saturated carbocycles. The highest BCUT2D eigenvalue weighted by atomic mass is 127. The summed E-state index contributed by atoms with van der Waals surface area (Å²) in [5, 5.41) is 0. The van der Waals surface area contributed by atoms with Crippen molar-refractivity contribution in [3.8, 4) is 11.5 Å². The zero-order valence-corrected chi connectivity index (χ0v) is 16.1. The lowest BCUT2D eigenvalue weighted by atomic mass is 10.3. The molecule has 0 fully saturated rings. The van der Waals surface area contributed by atoms with E-state index in [4.69, 9.17) is 10.5 Å². The Morgan fingerprint density at radius 2 is 1.83 bits per heavy atom. The molecule has 2 N–H and O–H groups in total. The Morgan fingerprint density at radius 3 is 2.46 bits per heavy atom. The lowest BCUT2D eigenvalue weighted by Crippen LogP contribution is -2.37. The summed E-state index contributed by atoms with van der Waals surface area (Å²) in [4.78, 5) is 10.6. The van der Waals surface area contributed by atoms with Crippen molar-refractivity contribution in [2.75, 3.05) is 13.1 Å². The average Bonchev–Trinajstić information content (AvgIpc) is 2.57. The number of benzene rings is 1. The van der Waals surface area contributed by atoms with Crippen molar-refractivity contribution in [3.63, 3.8) is 0 Å². The molecular weight excluding hydrogens is 422 g/mol. The zero-order valence-electron chi connectivity index (χ0n) is 13.8. The molecule has 1 aromatic carbocycles. The molecule has 1 heterocycles. The first kappa shape index (κ1) is 20.1. The van der Waals surface area contributed by atoms with Crippen LogP contribution < -0.4 is 10.5 Å². The van der Waals surface area contributed by atoms with Crippen LogP contribution in [0.15, 0.2) is 47.6 Å². The van der Waals surface area contributed by atoms with Gasteiger partial charge in [0.15, 0.2) is 5.96 Å². The number of hydrogen-bond donors (Lipinski definition) is 1. The van der Waals surface area contributed by atoms with Gasteiger partial charge in [-0.1, -0.05) is 0 Å². The van der Waals surface area contributed by atoms with Crippen molar-refractivity contribution >= 4 is 29.9 Å². The maximum atomic E-state index is 12.9. The molecule has 0 bridgehead atoms. The van der Waals surface area contributed by atoms with Crippen LogP contribution >= 0.6 is 24.0 Å². The average molecular weight is 444 g/mol. The van der Waals surface area contributed by atoms with Gasteiger partial charge in [0.05, 0.1) is 12.2 Å². The topological polar surface area (TPSA) is 63.7 Å². The van der Waals surface area contributed by atoms with Crippen LogP contribution in [0.25, 0.3) is 0 Å². The molecule has 0 unspecified atom stereocenters. The van der Waals surface area contributed by atoms with Gasteiger partial charge in [0, 0.05) is 25.4 Å². The van der Waals surface area contributed by atoms with E-state index < -0.39 is 0 Å². The molecule has 24 heavy (non-hydrogen) atoms. The van der Waals surface area contributed by atoms with Crippen LogP contribution in [-0.4, -0.2) is 28.9 Å². The molecule has 130 valence electrons. The molecule has 0 aliphatic carbocycles. The highest BCUT2D eigenvalue weighted by Crippen LogP contribution is 2.21. The third-order valence-electron chi connectivity index (χ3n) is 3.33. The highest BCUT2D eigenvalue weighted by molar-refractivity contribution is 14.0. The minimum absolute atomic E-state index is 0. The molecule has 2 aromatic rings. The van der Waals surface area contributed by atoms with Crippen molar-refractivity contribution in [2.24, 2.45) is 10.7 Å². The van der Waals surface area contributed by atoms with Crippen LogP contribution in [0.5, 0.6) is 11.5 Å². The van der Waals surface area contributed by atoms with Crippen LogP contribution in [-0.2, 0) is 6.54 Å². The Hall–Kier alpha value is -1.90.